The number of aliphatic hydroxyl groups is 2. The first-order valence-corrected chi connectivity index (χ1v) is 13.6. The third-order valence-electron chi connectivity index (χ3n) is 6.84. The second-order valence-electron chi connectivity index (χ2n) is 9.64. The Balaban J connectivity index is 1.58. The molecule has 0 fully saturated rings. The van der Waals surface area contributed by atoms with Gasteiger partial charge in [0, 0.05) is 33.1 Å². The minimum Gasteiger partial charge on any atom is -0.395 e. The molecular formula is C28H42O3S. The van der Waals surface area contributed by atoms with Crippen molar-refractivity contribution in [2.45, 2.75) is 76.0 Å². The smallest absolute Gasteiger partial charge is 0.0525 e. The van der Waals surface area contributed by atoms with Crippen LogP contribution in [0.2, 0.25) is 0 Å². The van der Waals surface area contributed by atoms with Crippen LogP contribution in [0.3, 0.4) is 0 Å². The van der Waals surface area contributed by atoms with Crippen molar-refractivity contribution in [2.24, 2.45) is 0 Å². The van der Waals surface area contributed by atoms with Crippen molar-refractivity contribution in [3.8, 4) is 0 Å². The van der Waals surface area contributed by atoms with Gasteiger partial charge in [0.1, 0.15) is 0 Å². The van der Waals surface area contributed by atoms with Crippen molar-refractivity contribution in [1.82, 2.24) is 0 Å². The Hall–Kier alpha value is -1.49. The van der Waals surface area contributed by atoms with E-state index in [1.165, 1.54) is 11.1 Å². The molecule has 178 valence electrons. The Labute approximate surface area is 197 Å². The van der Waals surface area contributed by atoms with E-state index in [1.54, 1.807) is 0 Å². The van der Waals surface area contributed by atoms with Crippen molar-refractivity contribution >= 4 is 10.8 Å². The summed E-state index contributed by atoms with van der Waals surface area (Å²) in [6, 6.07) is 20.5. The van der Waals surface area contributed by atoms with E-state index in [2.05, 4.69) is 38.1 Å². The maximum absolute atomic E-state index is 12.3. The molecule has 0 saturated heterocycles. The van der Waals surface area contributed by atoms with Crippen LogP contribution in [0.1, 0.15) is 76.3 Å². The largest absolute Gasteiger partial charge is 0.395 e. The lowest BCUT2D eigenvalue weighted by atomic mass is 9.79. The van der Waals surface area contributed by atoms with Gasteiger partial charge in [-0.3, -0.25) is 4.21 Å². The second-order valence-corrected chi connectivity index (χ2v) is 11.3. The molecule has 0 bridgehead atoms. The van der Waals surface area contributed by atoms with Gasteiger partial charge >= 0.3 is 0 Å². The molecule has 0 saturated carbocycles. The van der Waals surface area contributed by atoms with Crippen molar-refractivity contribution in [1.29, 1.82) is 0 Å². The molecule has 0 amide bonds. The molecule has 0 spiro atoms. The first kappa shape index (κ1) is 26.8. The van der Waals surface area contributed by atoms with Crippen LogP contribution in [0.15, 0.2) is 60.7 Å². The number of hydrogen-bond donors (Lipinski definition) is 2. The molecule has 2 atom stereocenters. The summed E-state index contributed by atoms with van der Waals surface area (Å²) in [5.74, 6) is 1.55. The van der Waals surface area contributed by atoms with Crippen LogP contribution in [0, 0.1) is 0 Å². The zero-order valence-corrected chi connectivity index (χ0v) is 20.8. The van der Waals surface area contributed by atoms with E-state index in [-0.39, 0.29) is 24.0 Å². The first-order chi connectivity index (χ1) is 15.4. The lowest BCUT2D eigenvalue weighted by molar-refractivity contribution is 0.193. The fraction of sp³-hybridized carbons (Fsp3) is 0.571. The summed E-state index contributed by atoms with van der Waals surface area (Å²) in [4.78, 5) is 0. The molecule has 2 rings (SSSR count). The second kappa shape index (κ2) is 13.9. The number of hydrogen-bond acceptors (Lipinski definition) is 3. The van der Waals surface area contributed by atoms with Crippen LogP contribution >= 0.6 is 0 Å². The van der Waals surface area contributed by atoms with Crippen LogP contribution in [-0.2, 0) is 21.6 Å². The highest BCUT2D eigenvalue weighted by Crippen LogP contribution is 2.30. The molecule has 0 heterocycles. The third-order valence-corrected chi connectivity index (χ3v) is 8.33. The summed E-state index contributed by atoms with van der Waals surface area (Å²) in [6.45, 7) is 4.56. The lowest BCUT2D eigenvalue weighted by Crippen LogP contribution is -2.26. The maximum atomic E-state index is 12.3. The summed E-state index contributed by atoms with van der Waals surface area (Å²) in [6.07, 6.45) is 8.07. The first-order valence-electron chi connectivity index (χ1n) is 12.1. The van der Waals surface area contributed by atoms with Crippen molar-refractivity contribution in [3.05, 3.63) is 71.8 Å². The SMILES string of the molecule is CC(CO)(CCCCCS(=O)CCCCCC(C)(CO)c1ccccc1)c1ccccc1. The van der Waals surface area contributed by atoms with Gasteiger partial charge in [-0.25, -0.2) is 0 Å². The Bertz CT molecular complexity index is 714. The minimum atomic E-state index is -0.744. The third kappa shape index (κ3) is 8.46. The molecule has 32 heavy (non-hydrogen) atoms. The zero-order chi connectivity index (χ0) is 23.3. The standard InChI is InChI=1S/C28H42O3S/c1-27(23-29,25-15-7-3-8-16-25)19-11-5-13-21-32(31)22-14-6-12-20-28(2,24-30)26-17-9-4-10-18-26/h3-4,7-10,15-18,29-30H,5-6,11-14,19-24H2,1-2H3. The highest BCUT2D eigenvalue weighted by Gasteiger charge is 2.25. The molecule has 0 radical (unpaired) electrons. The van der Waals surface area contributed by atoms with Crippen LogP contribution in [0.4, 0.5) is 0 Å². The monoisotopic (exact) mass is 458 g/mol. The zero-order valence-electron chi connectivity index (χ0n) is 20.0. The van der Waals surface area contributed by atoms with Gasteiger partial charge in [0.15, 0.2) is 0 Å². The molecule has 2 unspecified atom stereocenters. The van der Waals surface area contributed by atoms with Gasteiger partial charge in [0.25, 0.3) is 0 Å². The van der Waals surface area contributed by atoms with Gasteiger partial charge in [-0.05, 0) is 36.8 Å². The Morgan fingerprint density at radius 2 is 1.00 bits per heavy atom. The summed E-state index contributed by atoms with van der Waals surface area (Å²) in [5, 5.41) is 19.8. The molecule has 0 aliphatic heterocycles. The molecule has 0 aliphatic carbocycles. The normalized spacial score (nSPS) is 16.2. The average molecular weight is 459 g/mol. The lowest BCUT2D eigenvalue weighted by Gasteiger charge is -2.28. The Morgan fingerprint density at radius 3 is 1.34 bits per heavy atom. The predicted molar refractivity (Wildman–Crippen MR) is 137 cm³/mol. The molecule has 0 aliphatic rings. The van der Waals surface area contributed by atoms with Gasteiger partial charge in [0.2, 0.25) is 0 Å². The Kier molecular flexibility index (Phi) is 11.6. The van der Waals surface area contributed by atoms with E-state index in [0.29, 0.717) is 0 Å². The molecule has 2 aromatic rings. The summed E-state index contributed by atoms with van der Waals surface area (Å²) in [5.41, 5.74) is 2.00. The molecule has 0 aromatic heterocycles. The van der Waals surface area contributed by atoms with E-state index in [1.807, 2.05) is 36.4 Å². The van der Waals surface area contributed by atoms with Gasteiger partial charge in [0.05, 0.1) is 13.2 Å². The molecule has 4 heteroatoms. The van der Waals surface area contributed by atoms with Crippen LogP contribution < -0.4 is 0 Å². The van der Waals surface area contributed by atoms with Gasteiger partial charge in [-0.1, -0.05) is 100 Å². The highest BCUT2D eigenvalue weighted by molar-refractivity contribution is 7.84. The quantitative estimate of drug-likeness (QED) is 0.315. The number of benzene rings is 2. The fourth-order valence-electron chi connectivity index (χ4n) is 4.32. The minimum absolute atomic E-state index is 0.155. The fourth-order valence-corrected chi connectivity index (χ4v) is 5.58. The van der Waals surface area contributed by atoms with Crippen LogP contribution in [0.5, 0.6) is 0 Å². The molecular weight excluding hydrogens is 416 g/mol. The summed E-state index contributed by atoms with van der Waals surface area (Å²) in [7, 11) is -0.744. The van der Waals surface area contributed by atoms with Gasteiger partial charge in [-0.2, -0.15) is 0 Å². The van der Waals surface area contributed by atoms with Crippen molar-refractivity contribution in [2.75, 3.05) is 24.7 Å². The molecule has 3 nitrogen and oxygen atoms in total. The van der Waals surface area contributed by atoms with Crippen molar-refractivity contribution in [3.63, 3.8) is 0 Å². The summed E-state index contributed by atoms with van der Waals surface area (Å²) < 4.78 is 12.3. The number of rotatable bonds is 16. The molecule has 2 aromatic carbocycles. The van der Waals surface area contributed by atoms with Crippen LogP contribution in [-0.4, -0.2) is 39.1 Å². The Morgan fingerprint density at radius 1 is 0.625 bits per heavy atom. The van der Waals surface area contributed by atoms with E-state index >= 15 is 0 Å². The number of unbranched alkanes of at least 4 members (excludes halogenated alkanes) is 4. The maximum Gasteiger partial charge on any atom is 0.0525 e. The van der Waals surface area contributed by atoms with Gasteiger partial charge < -0.3 is 10.2 Å². The van der Waals surface area contributed by atoms with Crippen LogP contribution in [0.25, 0.3) is 0 Å². The van der Waals surface area contributed by atoms with E-state index in [0.717, 1.165) is 62.9 Å². The molecule has 2 N–H and O–H groups in total. The summed E-state index contributed by atoms with van der Waals surface area (Å²) >= 11 is 0. The predicted octanol–water partition coefficient (Wildman–Crippen LogP) is 5.76. The van der Waals surface area contributed by atoms with E-state index in [4.69, 9.17) is 0 Å². The average Bonchev–Trinajstić information content (AvgIpc) is 2.84. The highest BCUT2D eigenvalue weighted by atomic mass is 32.2. The topological polar surface area (TPSA) is 57.5 Å². The van der Waals surface area contributed by atoms with E-state index in [9.17, 15) is 14.4 Å². The van der Waals surface area contributed by atoms with Gasteiger partial charge in [-0.15, -0.1) is 0 Å². The number of aliphatic hydroxyl groups excluding tert-OH is 2. The van der Waals surface area contributed by atoms with E-state index < -0.39 is 10.8 Å². The van der Waals surface area contributed by atoms with Crippen molar-refractivity contribution < 1.29 is 14.4 Å².